The summed E-state index contributed by atoms with van der Waals surface area (Å²) >= 11 is 0. The molecule has 2 unspecified atom stereocenters. The van der Waals surface area contributed by atoms with Crippen LogP contribution in [0.5, 0.6) is 23.0 Å². The normalized spacial score (nSPS) is 19.9. The van der Waals surface area contributed by atoms with Gasteiger partial charge in [0.1, 0.15) is 17.7 Å². The summed E-state index contributed by atoms with van der Waals surface area (Å²) in [5, 5.41) is 3.28. The van der Waals surface area contributed by atoms with Gasteiger partial charge in [-0.2, -0.15) is 4.98 Å². The smallest absolute Gasteiger partial charge is 0.416 e. The maximum Gasteiger partial charge on any atom is 0.416 e. The third kappa shape index (κ3) is 9.66. The van der Waals surface area contributed by atoms with Crippen molar-refractivity contribution in [2.75, 3.05) is 77.9 Å². The first kappa shape index (κ1) is 36.0. The van der Waals surface area contributed by atoms with Gasteiger partial charge in [-0.3, -0.25) is 4.90 Å². The molecule has 1 N–H and O–H groups in total. The molecular weight excluding hydrogens is 624 g/mol. The first-order valence-corrected chi connectivity index (χ1v) is 17.3. The maximum atomic E-state index is 13.9. The van der Waals surface area contributed by atoms with Crippen molar-refractivity contribution in [2.24, 2.45) is 11.8 Å². The molecule has 0 radical (unpaired) electrons. The fourth-order valence-electron chi connectivity index (χ4n) is 6.60. The first-order chi connectivity index (χ1) is 23.8. The predicted octanol–water partition coefficient (Wildman–Crippen LogP) is 6.23. The molecule has 1 amide bonds. The van der Waals surface area contributed by atoms with E-state index in [9.17, 15) is 4.79 Å². The molecule has 2 aliphatic rings. The summed E-state index contributed by atoms with van der Waals surface area (Å²) in [5.74, 6) is 3.55. The Balaban J connectivity index is 1.34. The molecule has 266 valence electrons. The van der Waals surface area contributed by atoms with Crippen molar-refractivity contribution in [3.8, 4) is 23.0 Å². The Morgan fingerprint density at radius 3 is 2.43 bits per heavy atom. The van der Waals surface area contributed by atoms with Gasteiger partial charge in [-0.15, -0.1) is 0 Å². The molecule has 12 heteroatoms. The van der Waals surface area contributed by atoms with Crippen LogP contribution < -0.4 is 29.2 Å². The van der Waals surface area contributed by atoms with E-state index in [4.69, 9.17) is 28.7 Å². The molecule has 1 aromatic heterocycles. The van der Waals surface area contributed by atoms with Crippen molar-refractivity contribution in [3.63, 3.8) is 0 Å². The number of ether oxygens (including phenoxy) is 5. The van der Waals surface area contributed by atoms with Crippen LogP contribution in [0.15, 0.2) is 48.7 Å². The molecule has 49 heavy (non-hydrogen) atoms. The van der Waals surface area contributed by atoms with Gasteiger partial charge in [0.25, 0.3) is 0 Å². The van der Waals surface area contributed by atoms with Gasteiger partial charge in [0.2, 0.25) is 11.7 Å². The highest BCUT2D eigenvalue weighted by molar-refractivity contribution is 5.86. The van der Waals surface area contributed by atoms with Gasteiger partial charge in [-0.25, -0.2) is 9.78 Å². The average Bonchev–Trinajstić information content (AvgIpc) is 3.11. The Hall–Kier alpha value is -4.29. The van der Waals surface area contributed by atoms with Gasteiger partial charge in [0.05, 0.1) is 34.5 Å². The number of benzene rings is 2. The maximum absolute atomic E-state index is 13.9. The number of aromatic nitrogens is 2. The second-order valence-corrected chi connectivity index (χ2v) is 13.1. The largest absolute Gasteiger partial charge is 0.497 e. The van der Waals surface area contributed by atoms with Crippen molar-refractivity contribution >= 4 is 23.5 Å². The molecule has 5 rings (SSSR count). The highest BCUT2D eigenvalue weighted by Gasteiger charge is 2.33. The van der Waals surface area contributed by atoms with Gasteiger partial charge < -0.3 is 38.8 Å². The number of carbonyl (C=O) groups excluding carboxylic acids is 1. The van der Waals surface area contributed by atoms with E-state index in [1.807, 2.05) is 30.3 Å². The summed E-state index contributed by atoms with van der Waals surface area (Å²) in [5.41, 5.74) is 1.53. The Kier molecular flexibility index (Phi) is 12.8. The summed E-state index contributed by atoms with van der Waals surface area (Å²) in [6.45, 7) is 10.4. The van der Waals surface area contributed by atoms with E-state index >= 15 is 0 Å². The minimum Gasteiger partial charge on any atom is -0.497 e. The van der Waals surface area contributed by atoms with Crippen molar-refractivity contribution in [1.29, 1.82) is 0 Å². The Morgan fingerprint density at radius 1 is 0.959 bits per heavy atom. The molecule has 0 spiro atoms. The van der Waals surface area contributed by atoms with Crippen LogP contribution in [0.2, 0.25) is 0 Å². The molecule has 12 nitrogen and oxygen atoms in total. The lowest BCUT2D eigenvalue weighted by molar-refractivity contribution is 0.0131. The van der Waals surface area contributed by atoms with Crippen LogP contribution in [0.1, 0.15) is 45.1 Å². The lowest BCUT2D eigenvalue weighted by Gasteiger charge is -2.35. The molecule has 1 saturated heterocycles. The summed E-state index contributed by atoms with van der Waals surface area (Å²) < 4.78 is 29.2. The van der Waals surface area contributed by atoms with Crippen LogP contribution in [0.25, 0.3) is 0 Å². The Bertz CT molecular complexity index is 1510. The van der Waals surface area contributed by atoms with E-state index in [0.29, 0.717) is 47.1 Å². The number of likely N-dealkylation sites (N-methyl/N-ethyl adjacent to an activating group) is 1. The molecule has 1 saturated carbocycles. The van der Waals surface area contributed by atoms with Crippen LogP contribution >= 0.6 is 0 Å². The molecule has 2 atom stereocenters. The molecule has 1 aliphatic heterocycles. The monoisotopic (exact) mass is 676 g/mol. The van der Waals surface area contributed by atoms with Gasteiger partial charge in [0, 0.05) is 56.7 Å². The van der Waals surface area contributed by atoms with Gasteiger partial charge >= 0.3 is 6.09 Å². The highest BCUT2D eigenvalue weighted by Crippen LogP contribution is 2.41. The quantitative estimate of drug-likeness (QED) is 0.196. The lowest BCUT2D eigenvalue weighted by Crippen LogP contribution is -2.44. The fourth-order valence-corrected chi connectivity index (χ4v) is 6.60. The number of hydrogen-bond acceptors (Lipinski definition) is 11. The Morgan fingerprint density at radius 2 is 1.71 bits per heavy atom. The molecule has 2 aromatic carbocycles. The molecule has 0 bridgehead atoms. The van der Waals surface area contributed by atoms with Gasteiger partial charge in [-0.05, 0) is 61.9 Å². The van der Waals surface area contributed by atoms with Crippen LogP contribution in [-0.4, -0.2) is 99.7 Å². The number of nitrogens with zero attached hydrogens (tertiary/aromatic N) is 5. The van der Waals surface area contributed by atoms with Crippen molar-refractivity contribution in [2.45, 2.75) is 52.2 Å². The number of piperazine rings is 1. The van der Waals surface area contributed by atoms with Crippen molar-refractivity contribution in [3.05, 3.63) is 54.2 Å². The minimum atomic E-state index is -0.448. The van der Waals surface area contributed by atoms with Crippen LogP contribution in [0, 0.1) is 11.8 Å². The van der Waals surface area contributed by atoms with Gasteiger partial charge in [-0.1, -0.05) is 32.4 Å². The van der Waals surface area contributed by atoms with E-state index in [0.717, 1.165) is 64.0 Å². The number of nitrogens with one attached hydrogen (secondary N) is 1. The zero-order valence-corrected chi connectivity index (χ0v) is 29.8. The van der Waals surface area contributed by atoms with E-state index in [-0.39, 0.29) is 24.5 Å². The summed E-state index contributed by atoms with van der Waals surface area (Å²) in [4.78, 5) is 29.5. The van der Waals surface area contributed by atoms with Gasteiger partial charge in [0.15, 0.2) is 11.5 Å². The second-order valence-electron chi connectivity index (χ2n) is 13.1. The second kappa shape index (κ2) is 17.4. The topological polar surface area (TPSA) is 111 Å². The van der Waals surface area contributed by atoms with Crippen LogP contribution in [0.3, 0.4) is 0 Å². The average molecular weight is 677 g/mol. The minimum absolute atomic E-state index is 0.166. The van der Waals surface area contributed by atoms with Crippen molar-refractivity contribution in [1.82, 2.24) is 19.8 Å². The number of rotatable bonds is 14. The molecule has 2 fully saturated rings. The van der Waals surface area contributed by atoms with Crippen LogP contribution in [0.4, 0.5) is 22.2 Å². The molecule has 1 aliphatic carbocycles. The molecular formula is C37H52N6O6. The van der Waals surface area contributed by atoms with E-state index in [1.54, 1.807) is 44.6 Å². The summed E-state index contributed by atoms with van der Waals surface area (Å²) in [7, 11) is 6.97. The summed E-state index contributed by atoms with van der Waals surface area (Å²) in [6.07, 6.45) is 5.11. The van der Waals surface area contributed by atoms with E-state index in [2.05, 4.69) is 41.0 Å². The SMILES string of the molecule is COc1cccc(CN(C(=O)OC2C(C)CCCC2C)c2ccnc(Nc3cc(OC)c(OC)c(OCCCN4CCN(C)CC4)c3)n2)c1. The number of anilines is 3. The Labute approximate surface area is 290 Å². The van der Waals surface area contributed by atoms with Crippen LogP contribution in [-0.2, 0) is 11.3 Å². The number of carbonyl (C=O) groups is 1. The fraction of sp³-hybridized carbons (Fsp3) is 0.541. The summed E-state index contributed by atoms with van der Waals surface area (Å²) in [6, 6.07) is 13.0. The first-order valence-electron chi connectivity index (χ1n) is 17.3. The number of amides is 1. The van der Waals surface area contributed by atoms with E-state index < -0.39 is 6.09 Å². The van der Waals surface area contributed by atoms with Crippen molar-refractivity contribution < 1.29 is 28.5 Å². The number of methoxy groups -OCH3 is 3. The zero-order valence-electron chi connectivity index (χ0n) is 29.8. The predicted molar refractivity (Wildman–Crippen MR) is 191 cm³/mol. The molecule has 3 aromatic rings. The lowest BCUT2D eigenvalue weighted by atomic mass is 9.81. The third-order valence-electron chi connectivity index (χ3n) is 9.46. The molecule has 2 heterocycles. The highest BCUT2D eigenvalue weighted by atomic mass is 16.6. The zero-order chi connectivity index (χ0) is 34.8. The number of hydrogen-bond donors (Lipinski definition) is 1. The third-order valence-corrected chi connectivity index (χ3v) is 9.46. The standard InChI is InChI=1S/C37H52N6O6/c1-26-10-7-11-27(2)34(26)49-37(44)43(25-28-12-8-13-30(22-28)45-4)33-14-15-38-36(40-33)39-29-23-31(46-5)35(47-6)32(24-29)48-21-9-16-42-19-17-41(3)18-20-42/h8,12-15,22-24,26-27,34H,7,9-11,16-21,25H2,1-6H3,(H,38,39,40). The van der Waals surface area contributed by atoms with E-state index in [1.165, 1.54) is 0 Å².